The Hall–Kier alpha value is -0.120. The molecule has 3 unspecified atom stereocenters. The summed E-state index contributed by atoms with van der Waals surface area (Å²) < 4.78 is 0. The number of likely N-dealkylation sites (tertiary alicyclic amines) is 1. The van der Waals surface area contributed by atoms with Crippen LogP contribution in [-0.2, 0) is 0 Å². The summed E-state index contributed by atoms with van der Waals surface area (Å²) in [5.74, 6) is 0.889. The highest BCUT2D eigenvalue weighted by molar-refractivity contribution is 4.90. The lowest BCUT2D eigenvalue weighted by molar-refractivity contribution is -0.0414. The van der Waals surface area contributed by atoms with Crippen molar-refractivity contribution in [1.29, 1.82) is 0 Å². The van der Waals surface area contributed by atoms with Crippen LogP contribution in [0.3, 0.4) is 0 Å². The van der Waals surface area contributed by atoms with Crippen LogP contribution in [0.15, 0.2) is 0 Å². The van der Waals surface area contributed by atoms with E-state index in [0.29, 0.717) is 18.4 Å². The third kappa shape index (κ3) is 3.01. The third-order valence-corrected chi connectivity index (χ3v) is 4.76. The number of aliphatic hydroxyl groups excluding tert-OH is 2. The predicted octanol–water partition coefficient (Wildman–Crippen LogP) is 1.49. The van der Waals surface area contributed by atoms with Gasteiger partial charge in [0, 0.05) is 19.7 Å². The minimum Gasteiger partial charge on any atom is -0.396 e. The molecule has 3 heteroatoms. The summed E-state index contributed by atoms with van der Waals surface area (Å²) in [5, 5.41) is 19.6. The molecule has 1 aliphatic heterocycles. The van der Waals surface area contributed by atoms with Gasteiger partial charge in [-0.15, -0.1) is 0 Å². The van der Waals surface area contributed by atoms with Crippen LogP contribution in [0.5, 0.6) is 0 Å². The fraction of sp³-hybridized carbons (Fsp3) is 1.00. The van der Waals surface area contributed by atoms with Crippen molar-refractivity contribution in [3.63, 3.8) is 0 Å². The second kappa shape index (κ2) is 5.25. The van der Waals surface area contributed by atoms with Crippen molar-refractivity contribution in [1.82, 2.24) is 4.90 Å². The molecule has 0 amide bonds. The summed E-state index contributed by atoms with van der Waals surface area (Å²) >= 11 is 0. The van der Waals surface area contributed by atoms with E-state index in [1.54, 1.807) is 0 Å². The van der Waals surface area contributed by atoms with Gasteiger partial charge in [0.15, 0.2) is 0 Å². The summed E-state index contributed by atoms with van der Waals surface area (Å²) in [6.07, 6.45) is 4.49. The average molecular weight is 241 g/mol. The zero-order valence-corrected chi connectivity index (χ0v) is 11.2. The van der Waals surface area contributed by atoms with Crippen LogP contribution < -0.4 is 0 Å². The normalized spacial score (nSPS) is 38.5. The van der Waals surface area contributed by atoms with E-state index in [1.165, 1.54) is 6.42 Å². The van der Waals surface area contributed by atoms with Gasteiger partial charge in [0.1, 0.15) is 0 Å². The molecule has 0 radical (unpaired) electrons. The lowest BCUT2D eigenvalue weighted by Gasteiger charge is -2.42. The molecular formula is C14H27NO2. The lowest BCUT2D eigenvalue weighted by Crippen LogP contribution is -2.44. The van der Waals surface area contributed by atoms with Crippen LogP contribution in [0.1, 0.15) is 39.5 Å². The van der Waals surface area contributed by atoms with Crippen molar-refractivity contribution >= 4 is 0 Å². The molecule has 0 aromatic heterocycles. The quantitative estimate of drug-likeness (QED) is 0.787. The largest absolute Gasteiger partial charge is 0.396 e. The van der Waals surface area contributed by atoms with Crippen molar-refractivity contribution < 1.29 is 10.2 Å². The molecule has 1 aliphatic carbocycles. The minimum atomic E-state index is -0.163. The van der Waals surface area contributed by atoms with Crippen LogP contribution >= 0.6 is 0 Å². The maximum absolute atomic E-state index is 10.4. The highest BCUT2D eigenvalue weighted by Gasteiger charge is 2.38. The molecule has 100 valence electrons. The van der Waals surface area contributed by atoms with E-state index >= 15 is 0 Å². The van der Waals surface area contributed by atoms with Gasteiger partial charge >= 0.3 is 0 Å². The summed E-state index contributed by atoms with van der Waals surface area (Å²) in [6, 6.07) is 0. The summed E-state index contributed by atoms with van der Waals surface area (Å²) in [5.41, 5.74) is 0.0824. The van der Waals surface area contributed by atoms with Crippen molar-refractivity contribution in [2.24, 2.45) is 17.3 Å². The maximum atomic E-state index is 10.4. The Morgan fingerprint density at radius 3 is 2.71 bits per heavy atom. The highest BCUT2D eigenvalue weighted by Crippen LogP contribution is 2.39. The molecule has 0 spiro atoms. The Morgan fingerprint density at radius 2 is 2.06 bits per heavy atom. The number of aliphatic hydroxyl groups is 2. The molecule has 1 saturated carbocycles. The molecule has 3 nitrogen and oxygen atoms in total. The summed E-state index contributed by atoms with van der Waals surface area (Å²) in [4.78, 5) is 2.43. The first-order valence-corrected chi connectivity index (χ1v) is 7.04. The molecule has 0 aromatic rings. The second-order valence-electron chi connectivity index (χ2n) is 6.68. The topological polar surface area (TPSA) is 43.7 Å². The fourth-order valence-corrected chi connectivity index (χ4v) is 3.51. The molecule has 0 aromatic carbocycles. The van der Waals surface area contributed by atoms with Crippen molar-refractivity contribution in [2.45, 2.75) is 45.6 Å². The standard InChI is InChI=1S/C14H27NO2/c1-14(2)6-3-4-12(13(14)17)9-15-7-5-11(8-15)10-16/h11-13,16-17H,3-10H2,1-2H3. The maximum Gasteiger partial charge on any atom is 0.0631 e. The van der Waals surface area contributed by atoms with E-state index in [4.69, 9.17) is 5.11 Å². The molecule has 1 saturated heterocycles. The zero-order chi connectivity index (χ0) is 12.5. The van der Waals surface area contributed by atoms with Gasteiger partial charge in [-0.2, -0.15) is 0 Å². The second-order valence-corrected chi connectivity index (χ2v) is 6.68. The van der Waals surface area contributed by atoms with Gasteiger partial charge in [-0.3, -0.25) is 0 Å². The first-order chi connectivity index (χ1) is 8.03. The van der Waals surface area contributed by atoms with E-state index < -0.39 is 0 Å². The van der Waals surface area contributed by atoms with Crippen LogP contribution in [-0.4, -0.2) is 47.5 Å². The van der Waals surface area contributed by atoms with E-state index in [9.17, 15) is 5.11 Å². The summed E-state index contributed by atoms with van der Waals surface area (Å²) in [7, 11) is 0. The molecule has 2 fully saturated rings. The molecule has 2 rings (SSSR count). The molecule has 1 heterocycles. The number of rotatable bonds is 3. The van der Waals surface area contributed by atoms with E-state index in [1.807, 2.05) is 0 Å². The molecule has 2 aliphatic rings. The van der Waals surface area contributed by atoms with Gasteiger partial charge in [-0.1, -0.05) is 20.3 Å². The van der Waals surface area contributed by atoms with Gasteiger partial charge in [-0.25, -0.2) is 0 Å². The Morgan fingerprint density at radius 1 is 1.29 bits per heavy atom. The molecule has 0 bridgehead atoms. The van der Waals surface area contributed by atoms with Crippen LogP contribution in [0.2, 0.25) is 0 Å². The SMILES string of the molecule is CC1(C)CCCC(CN2CCC(CO)C2)C1O. The minimum absolute atomic E-state index is 0.0824. The van der Waals surface area contributed by atoms with Gasteiger partial charge in [-0.05, 0) is 43.1 Å². The van der Waals surface area contributed by atoms with Crippen LogP contribution in [0.4, 0.5) is 0 Å². The van der Waals surface area contributed by atoms with Crippen LogP contribution in [0, 0.1) is 17.3 Å². The first kappa shape index (κ1) is 13.3. The van der Waals surface area contributed by atoms with Crippen molar-refractivity contribution in [2.75, 3.05) is 26.2 Å². The van der Waals surface area contributed by atoms with E-state index in [0.717, 1.165) is 38.9 Å². The molecular weight excluding hydrogens is 214 g/mol. The average Bonchev–Trinajstić information content (AvgIpc) is 2.72. The Bertz CT molecular complexity index is 255. The van der Waals surface area contributed by atoms with Gasteiger partial charge < -0.3 is 15.1 Å². The lowest BCUT2D eigenvalue weighted by atomic mass is 9.69. The zero-order valence-electron chi connectivity index (χ0n) is 11.2. The van der Waals surface area contributed by atoms with Crippen LogP contribution in [0.25, 0.3) is 0 Å². The van der Waals surface area contributed by atoms with Crippen molar-refractivity contribution in [3.8, 4) is 0 Å². The Labute approximate surface area is 105 Å². The van der Waals surface area contributed by atoms with E-state index in [2.05, 4.69) is 18.7 Å². The van der Waals surface area contributed by atoms with E-state index in [-0.39, 0.29) is 11.5 Å². The number of nitrogens with zero attached hydrogens (tertiary/aromatic N) is 1. The highest BCUT2D eigenvalue weighted by atomic mass is 16.3. The number of hydrogen-bond acceptors (Lipinski definition) is 3. The predicted molar refractivity (Wildman–Crippen MR) is 68.8 cm³/mol. The smallest absolute Gasteiger partial charge is 0.0631 e. The van der Waals surface area contributed by atoms with Gasteiger partial charge in [0.05, 0.1) is 6.10 Å². The van der Waals surface area contributed by atoms with Gasteiger partial charge in [0.25, 0.3) is 0 Å². The third-order valence-electron chi connectivity index (χ3n) is 4.76. The Kier molecular flexibility index (Phi) is 4.11. The van der Waals surface area contributed by atoms with Gasteiger partial charge in [0.2, 0.25) is 0 Å². The monoisotopic (exact) mass is 241 g/mol. The molecule has 17 heavy (non-hydrogen) atoms. The first-order valence-electron chi connectivity index (χ1n) is 7.04. The molecule has 2 N–H and O–H groups in total. The summed E-state index contributed by atoms with van der Waals surface area (Å²) in [6.45, 7) is 7.81. The van der Waals surface area contributed by atoms with Crippen molar-refractivity contribution in [3.05, 3.63) is 0 Å². The number of hydrogen-bond donors (Lipinski definition) is 2. The molecule has 3 atom stereocenters. The Balaban J connectivity index is 1.86. The fourth-order valence-electron chi connectivity index (χ4n) is 3.51.